The lowest BCUT2D eigenvalue weighted by molar-refractivity contribution is -0.154. The second-order valence-electron chi connectivity index (χ2n) is 5.80. The number of benzene rings is 1. The lowest BCUT2D eigenvalue weighted by atomic mass is 10.0. The zero-order valence-corrected chi connectivity index (χ0v) is 14.8. The molecule has 2 aromatic heterocycles. The summed E-state index contributed by atoms with van der Waals surface area (Å²) in [4.78, 5) is 11.8. The number of halogens is 3. The number of hydrogen-bond acceptors (Lipinski definition) is 7. The predicted octanol–water partition coefficient (Wildman–Crippen LogP) is 3.73. The van der Waals surface area contributed by atoms with Gasteiger partial charge in [-0.1, -0.05) is 6.07 Å². The fourth-order valence-corrected chi connectivity index (χ4v) is 2.31. The molecular formula is C19H15F3N4O3. The van der Waals surface area contributed by atoms with E-state index in [1.54, 1.807) is 24.5 Å². The van der Waals surface area contributed by atoms with Crippen molar-refractivity contribution in [2.24, 2.45) is 0 Å². The van der Waals surface area contributed by atoms with Crippen LogP contribution in [0.3, 0.4) is 0 Å². The molecule has 3 rings (SSSR count). The zero-order valence-electron chi connectivity index (χ0n) is 14.8. The van der Waals surface area contributed by atoms with Crippen LogP contribution in [-0.2, 0) is 11.3 Å². The normalized spacial score (nSPS) is 11.1. The lowest BCUT2D eigenvalue weighted by Gasteiger charge is -2.11. The summed E-state index contributed by atoms with van der Waals surface area (Å²) in [6.45, 7) is -1.47. The van der Waals surface area contributed by atoms with Gasteiger partial charge in [-0.15, -0.1) is 0 Å². The molecule has 10 heteroatoms. The summed E-state index contributed by atoms with van der Waals surface area (Å²) < 4.78 is 46.5. The minimum Gasteiger partial charge on any atom is -0.507 e. The highest BCUT2D eigenvalue weighted by atomic mass is 19.4. The molecule has 3 aromatic rings. The van der Waals surface area contributed by atoms with E-state index in [4.69, 9.17) is 10.1 Å². The Morgan fingerprint density at radius 3 is 2.41 bits per heavy atom. The van der Waals surface area contributed by atoms with Gasteiger partial charge in [0.2, 0.25) is 11.8 Å². The van der Waals surface area contributed by atoms with E-state index >= 15 is 0 Å². The van der Waals surface area contributed by atoms with Crippen molar-refractivity contribution in [1.82, 2.24) is 15.0 Å². The number of phenols is 1. The maximum Gasteiger partial charge on any atom is 0.422 e. The molecule has 0 atom stereocenters. The number of pyridine rings is 1. The van der Waals surface area contributed by atoms with Crippen LogP contribution >= 0.6 is 0 Å². The smallest absolute Gasteiger partial charge is 0.422 e. The van der Waals surface area contributed by atoms with Crippen LogP contribution in [0.15, 0.2) is 55.0 Å². The van der Waals surface area contributed by atoms with Crippen molar-refractivity contribution in [3.63, 3.8) is 0 Å². The summed E-state index contributed by atoms with van der Waals surface area (Å²) >= 11 is 0. The average molecular weight is 404 g/mol. The number of rotatable bonds is 6. The van der Waals surface area contributed by atoms with Crippen LogP contribution in [0.25, 0.3) is 11.1 Å². The summed E-state index contributed by atoms with van der Waals surface area (Å²) in [5, 5.41) is 18.1. The molecule has 1 aromatic carbocycles. The number of aromatic nitrogens is 3. The van der Waals surface area contributed by atoms with Crippen LogP contribution in [0, 0.1) is 5.41 Å². The van der Waals surface area contributed by atoms with E-state index in [2.05, 4.69) is 19.7 Å². The Morgan fingerprint density at radius 1 is 1.03 bits per heavy atom. The number of nitrogens with one attached hydrogen (secondary N) is 1. The van der Waals surface area contributed by atoms with Crippen molar-refractivity contribution in [3.05, 3.63) is 66.4 Å². The van der Waals surface area contributed by atoms with Crippen molar-refractivity contribution in [2.45, 2.75) is 12.8 Å². The van der Waals surface area contributed by atoms with Crippen molar-refractivity contribution >= 4 is 5.90 Å². The molecule has 0 aliphatic carbocycles. The van der Waals surface area contributed by atoms with Gasteiger partial charge in [0.25, 0.3) is 0 Å². The highest BCUT2D eigenvalue weighted by Gasteiger charge is 2.28. The van der Waals surface area contributed by atoms with Crippen LogP contribution in [0.5, 0.6) is 11.6 Å². The Balaban J connectivity index is 1.72. The molecule has 0 bridgehead atoms. The van der Waals surface area contributed by atoms with Gasteiger partial charge in [-0.3, -0.25) is 5.41 Å². The number of alkyl halides is 3. The van der Waals surface area contributed by atoms with Gasteiger partial charge in [0.15, 0.2) is 12.4 Å². The van der Waals surface area contributed by atoms with E-state index in [-0.39, 0.29) is 29.7 Å². The maximum absolute atomic E-state index is 12.2. The number of hydrogen-bond donors (Lipinski definition) is 2. The highest BCUT2D eigenvalue weighted by molar-refractivity contribution is 5.95. The van der Waals surface area contributed by atoms with Crippen LogP contribution in [0.2, 0.25) is 0 Å². The second kappa shape index (κ2) is 8.55. The number of aromatic hydroxyl groups is 1. The van der Waals surface area contributed by atoms with E-state index < -0.39 is 12.8 Å². The first-order valence-electron chi connectivity index (χ1n) is 8.28. The van der Waals surface area contributed by atoms with Gasteiger partial charge < -0.3 is 14.6 Å². The fraction of sp³-hybridized carbons (Fsp3) is 0.158. The molecule has 7 nitrogen and oxygen atoms in total. The second-order valence-corrected chi connectivity index (χ2v) is 5.80. The number of nitrogens with zero attached hydrogens (tertiary/aromatic N) is 3. The van der Waals surface area contributed by atoms with Crippen LogP contribution in [0.1, 0.15) is 11.4 Å². The Labute approximate surface area is 163 Å². The molecule has 2 heterocycles. The van der Waals surface area contributed by atoms with Crippen molar-refractivity contribution in [2.75, 3.05) is 6.61 Å². The Bertz CT molecular complexity index is 980. The summed E-state index contributed by atoms with van der Waals surface area (Å²) in [7, 11) is 0. The number of ether oxygens (including phenoxy) is 2. The minimum absolute atomic E-state index is 0.0455. The Hall–Kier alpha value is -3.69. The van der Waals surface area contributed by atoms with Crippen molar-refractivity contribution < 1.29 is 27.8 Å². The first-order chi connectivity index (χ1) is 13.8. The molecule has 0 aliphatic heterocycles. The van der Waals surface area contributed by atoms with Crippen LogP contribution in [-0.4, -0.2) is 38.7 Å². The topological polar surface area (TPSA) is 101 Å². The standard InChI is InChI=1S/C19H15F3N4O3/c20-19(21,22)11-29-17-5-3-13(9-26-17)12-2-4-15(27)14(8-12)18(23)28-10-16-24-6-1-7-25-16/h1-9,23,27H,10-11H2. The van der Waals surface area contributed by atoms with E-state index in [1.165, 1.54) is 30.5 Å². The van der Waals surface area contributed by atoms with Gasteiger partial charge in [-0.2, -0.15) is 13.2 Å². The van der Waals surface area contributed by atoms with Crippen LogP contribution < -0.4 is 4.74 Å². The fourth-order valence-electron chi connectivity index (χ4n) is 2.31. The minimum atomic E-state index is -4.45. The van der Waals surface area contributed by atoms with Gasteiger partial charge in [0.05, 0.1) is 5.56 Å². The zero-order chi connectivity index (χ0) is 20.9. The van der Waals surface area contributed by atoms with E-state index in [1.807, 2.05) is 0 Å². The molecular weight excluding hydrogens is 389 g/mol. The Kier molecular flexibility index (Phi) is 5.91. The number of phenolic OH excluding ortho intramolecular Hbond substituents is 1. The monoisotopic (exact) mass is 404 g/mol. The van der Waals surface area contributed by atoms with E-state index in [0.717, 1.165) is 0 Å². The van der Waals surface area contributed by atoms with Gasteiger partial charge in [0, 0.05) is 30.2 Å². The summed E-state index contributed by atoms with van der Waals surface area (Å²) in [6.07, 6.45) is -0.0213. The van der Waals surface area contributed by atoms with E-state index in [9.17, 15) is 18.3 Å². The largest absolute Gasteiger partial charge is 0.507 e. The Morgan fingerprint density at radius 2 is 1.76 bits per heavy atom. The average Bonchev–Trinajstić information content (AvgIpc) is 2.71. The molecule has 0 fully saturated rings. The van der Waals surface area contributed by atoms with Gasteiger partial charge in [-0.25, -0.2) is 15.0 Å². The van der Waals surface area contributed by atoms with E-state index in [0.29, 0.717) is 17.0 Å². The SMILES string of the molecule is N=C(OCc1ncccn1)c1cc(-c2ccc(OCC(F)(F)F)nc2)ccc1O. The van der Waals surface area contributed by atoms with Gasteiger partial charge >= 0.3 is 6.18 Å². The molecule has 0 radical (unpaired) electrons. The molecule has 0 saturated carbocycles. The van der Waals surface area contributed by atoms with Crippen LogP contribution in [0.4, 0.5) is 13.2 Å². The third kappa shape index (κ3) is 5.64. The molecule has 0 saturated heterocycles. The summed E-state index contributed by atoms with van der Waals surface area (Å²) in [5.74, 6) is -0.226. The van der Waals surface area contributed by atoms with Gasteiger partial charge in [0.1, 0.15) is 12.4 Å². The third-order valence-electron chi connectivity index (χ3n) is 3.66. The molecule has 0 unspecified atom stereocenters. The highest BCUT2D eigenvalue weighted by Crippen LogP contribution is 2.27. The first kappa shape index (κ1) is 20.1. The maximum atomic E-state index is 12.2. The summed E-state index contributed by atoms with van der Waals surface area (Å²) in [5.41, 5.74) is 1.28. The lowest BCUT2D eigenvalue weighted by Crippen LogP contribution is -2.19. The summed E-state index contributed by atoms with van der Waals surface area (Å²) in [6, 6.07) is 8.96. The van der Waals surface area contributed by atoms with Crippen molar-refractivity contribution in [1.29, 1.82) is 5.41 Å². The molecule has 2 N–H and O–H groups in total. The molecule has 0 aliphatic rings. The molecule has 0 amide bonds. The molecule has 29 heavy (non-hydrogen) atoms. The van der Waals surface area contributed by atoms with Gasteiger partial charge in [-0.05, 0) is 29.8 Å². The molecule has 0 spiro atoms. The quantitative estimate of drug-likeness (QED) is 0.480. The molecule has 150 valence electrons. The van der Waals surface area contributed by atoms with Crippen molar-refractivity contribution in [3.8, 4) is 22.8 Å². The first-order valence-corrected chi connectivity index (χ1v) is 8.28. The predicted molar refractivity (Wildman–Crippen MR) is 96.5 cm³/mol. The third-order valence-corrected chi connectivity index (χ3v) is 3.66.